The van der Waals surface area contributed by atoms with Crippen LogP contribution < -0.4 is 10.1 Å². The van der Waals surface area contributed by atoms with E-state index in [1.165, 1.54) is 6.42 Å². The molecule has 3 aromatic rings. The summed E-state index contributed by atoms with van der Waals surface area (Å²) in [5.74, 6) is -10.2. The number of carbonyl (C=O) groups excluding carboxylic acids is 2. The molecule has 1 amide bonds. The molecular formula is C28H32F4N2O3. The Bertz CT molecular complexity index is 1240. The van der Waals surface area contributed by atoms with E-state index in [4.69, 9.17) is 4.74 Å². The standard InChI is InChI=1S/C28H32F4N2O3/c1-3-4-5-6-7-8-9-14-24(35)33-21(15-18-17-34(2)22-13-11-10-12-19(18)22)28(36)37-23-16-20(29)25(30)27(32)26(23)31/h10-13,16-17,21H,3-9,14-15H2,1-2H3,(H,33,35). The van der Waals surface area contributed by atoms with Crippen molar-refractivity contribution in [1.82, 2.24) is 9.88 Å². The fraction of sp³-hybridized carbons (Fsp3) is 0.429. The predicted molar refractivity (Wildman–Crippen MR) is 133 cm³/mol. The molecular weight excluding hydrogens is 488 g/mol. The van der Waals surface area contributed by atoms with E-state index in [1.54, 1.807) is 6.20 Å². The van der Waals surface area contributed by atoms with Crippen molar-refractivity contribution in [2.45, 2.75) is 70.8 Å². The smallest absolute Gasteiger partial charge is 0.334 e. The van der Waals surface area contributed by atoms with Crippen molar-refractivity contribution in [3.63, 3.8) is 0 Å². The predicted octanol–water partition coefficient (Wildman–Crippen LogP) is 6.51. The van der Waals surface area contributed by atoms with Gasteiger partial charge in [0.05, 0.1) is 0 Å². The lowest BCUT2D eigenvalue weighted by atomic mass is 10.0. The number of aromatic nitrogens is 1. The van der Waals surface area contributed by atoms with Crippen LogP contribution in [0, 0.1) is 23.3 Å². The van der Waals surface area contributed by atoms with Crippen LogP contribution in [0.3, 0.4) is 0 Å². The first kappa shape index (κ1) is 28.2. The first-order chi connectivity index (χ1) is 17.7. The topological polar surface area (TPSA) is 60.3 Å². The fourth-order valence-corrected chi connectivity index (χ4v) is 4.32. The molecule has 9 heteroatoms. The second-order valence-electron chi connectivity index (χ2n) is 9.20. The Morgan fingerprint density at radius 2 is 1.62 bits per heavy atom. The van der Waals surface area contributed by atoms with Gasteiger partial charge in [0, 0.05) is 43.1 Å². The quantitative estimate of drug-likeness (QED) is 0.0698. The average molecular weight is 521 g/mol. The Morgan fingerprint density at radius 1 is 0.946 bits per heavy atom. The van der Waals surface area contributed by atoms with Gasteiger partial charge in [-0.05, 0) is 18.1 Å². The van der Waals surface area contributed by atoms with Crippen molar-refractivity contribution < 1.29 is 31.9 Å². The highest BCUT2D eigenvalue weighted by Gasteiger charge is 2.28. The Morgan fingerprint density at radius 3 is 2.35 bits per heavy atom. The number of halogens is 4. The van der Waals surface area contributed by atoms with Gasteiger partial charge >= 0.3 is 5.97 Å². The third-order valence-corrected chi connectivity index (χ3v) is 6.31. The van der Waals surface area contributed by atoms with E-state index < -0.39 is 46.9 Å². The van der Waals surface area contributed by atoms with Gasteiger partial charge in [-0.2, -0.15) is 4.39 Å². The van der Waals surface area contributed by atoms with Gasteiger partial charge in [-0.25, -0.2) is 18.0 Å². The number of hydrogen-bond acceptors (Lipinski definition) is 3. The zero-order valence-electron chi connectivity index (χ0n) is 21.1. The third-order valence-electron chi connectivity index (χ3n) is 6.31. The number of fused-ring (bicyclic) bond motifs is 1. The van der Waals surface area contributed by atoms with Crippen LogP contribution in [0.5, 0.6) is 5.75 Å². The van der Waals surface area contributed by atoms with E-state index in [0.717, 1.165) is 43.0 Å². The van der Waals surface area contributed by atoms with E-state index >= 15 is 0 Å². The highest BCUT2D eigenvalue weighted by Crippen LogP contribution is 2.26. The van der Waals surface area contributed by atoms with Crippen LogP contribution in [-0.4, -0.2) is 22.5 Å². The molecule has 0 saturated heterocycles. The molecule has 5 nitrogen and oxygen atoms in total. The second-order valence-corrected chi connectivity index (χ2v) is 9.20. The number of unbranched alkanes of at least 4 members (excludes halogenated alkanes) is 6. The van der Waals surface area contributed by atoms with Gasteiger partial charge in [0.1, 0.15) is 6.04 Å². The second kappa shape index (κ2) is 13.3. The summed E-state index contributed by atoms with van der Waals surface area (Å²) >= 11 is 0. The van der Waals surface area contributed by atoms with Crippen LogP contribution in [0.4, 0.5) is 17.6 Å². The molecule has 1 heterocycles. The number of benzene rings is 2. The van der Waals surface area contributed by atoms with Gasteiger partial charge in [-0.3, -0.25) is 4.79 Å². The van der Waals surface area contributed by atoms with Crippen LogP contribution in [0.1, 0.15) is 63.9 Å². The molecule has 200 valence electrons. The highest BCUT2D eigenvalue weighted by atomic mass is 19.2. The van der Waals surface area contributed by atoms with Crippen LogP contribution in [0.2, 0.25) is 0 Å². The number of ether oxygens (including phenoxy) is 1. The third kappa shape index (κ3) is 7.33. The Kier molecular flexibility index (Phi) is 10.1. The van der Waals surface area contributed by atoms with Crippen molar-refractivity contribution in [3.8, 4) is 5.75 Å². The molecule has 37 heavy (non-hydrogen) atoms. The maximum absolute atomic E-state index is 14.1. The Balaban J connectivity index is 1.74. The molecule has 0 aliphatic heterocycles. The van der Waals surface area contributed by atoms with E-state index in [2.05, 4.69) is 12.2 Å². The number of nitrogens with zero attached hydrogens (tertiary/aromatic N) is 1. The molecule has 2 aromatic carbocycles. The van der Waals surface area contributed by atoms with Gasteiger partial charge in [-0.15, -0.1) is 0 Å². The van der Waals surface area contributed by atoms with Crippen LogP contribution in [-0.2, 0) is 23.1 Å². The summed E-state index contributed by atoms with van der Waals surface area (Å²) in [4.78, 5) is 25.6. The minimum atomic E-state index is -2.09. The molecule has 0 saturated carbocycles. The number of aryl methyl sites for hydroxylation is 1. The number of hydrogen-bond donors (Lipinski definition) is 1. The van der Waals surface area contributed by atoms with Crippen molar-refractivity contribution in [1.29, 1.82) is 0 Å². The summed E-state index contributed by atoms with van der Waals surface area (Å²) < 4.78 is 61.5. The molecule has 1 aromatic heterocycles. The maximum atomic E-state index is 14.1. The van der Waals surface area contributed by atoms with Crippen LogP contribution >= 0.6 is 0 Å². The average Bonchev–Trinajstić information content (AvgIpc) is 3.20. The first-order valence-electron chi connectivity index (χ1n) is 12.6. The molecule has 3 rings (SSSR count). The Hall–Kier alpha value is -3.36. The summed E-state index contributed by atoms with van der Waals surface area (Å²) in [7, 11) is 1.83. The Labute approximate surface area is 213 Å². The van der Waals surface area contributed by atoms with E-state index in [1.807, 2.05) is 35.9 Å². The van der Waals surface area contributed by atoms with E-state index in [9.17, 15) is 27.2 Å². The molecule has 1 unspecified atom stereocenters. The lowest BCUT2D eigenvalue weighted by molar-refractivity contribution is -0.139. The minimum absolute atomic E-state index is 0.00325. The van der Waals surface area contributed by atoms with Crippen molar-refractivity contribution >= 4 is 22.8 Å². The number of para-hydroxylation sites is 1. The van der Waals surface area contributed by atoms with Crippen molar-refractivity contribution in [2.75, 3.05) is 0 Å². The number of carbonyl (C=O) groups is 2. The number of nitrogens with one attached hydrogen (secondary N) is 1. The number of amides is 1. The summed E-state index contributed by atoms with van der Waals surface area (Å²) in [6.45, 7) is 2.14. The van der Waals surface area contributed by atoms with Crippen LogP contribution in [0.25, 0.3) is 10.9 Å². The van der Waals surface area contributed by atoms with Gasteiger partial charge in [0.25, 0.3) is 0 Å². The molecule has 1 N–H and O–H groups in total. The minimum Gasteiger partial charge on any atom is -0.422 e. The molecule has 0 aliphatic rings. The van der Waals surface area contributed by atoms with Crippen molar-refractivity contribution in [2.24, 2.45) is 7.05 Å². The molecule has 0 bridgehead atoms. The van der Waals surface area contributed by atoms with Gasteiger partial charge < -0.3 is 14.6 Å². The molecule has 0 fully saturated rings. The largest absolute Gasteiger partial charge is 0.422 e. The SMILES string of the molecule is CCCCCCCCCC(=O)NC(Cc1cn(C)c2ccccc12)C(=O)Oc1cc(F)c(F)c(F)c1F. The maximum Gasteiger partial charge on any atom is 0.334 e. The molecule has 0 spiro atoms. The lowest BCUT2D eigenvalue weighted by Gasteiger charge is -2.18. The highest BCUT2D eigenvalue weighted by molar-refractivity contribution is 5.88. The van der Waals surface area contributed by atoms with E-state index in [-0.39, 0.29) is 18.9 Å². The zero-order valence-corrected chi connectivity index (χ0v) is 21.1. The molecule has 1 atom stereocenters. The fourth-order valence-electron chi connectivity index (χ4n) is 4.32. The van der Waals surface area contributed by atoms with Crippen LogP contribution in [0.15, 0.2) is 36.5 Å². The van der Waals surface area contributed by atoms with Gasteiger partial charge in [0.2, 0.25) is 17.5 Å². The first-order valence-corrected chi connectivity index (χ1v) is 12.6. The summed E-state index contributed by atoms with van der Waals surface area (Å²) in [6.07, 6.45) is 9.08. The van der Waals surface area contributed by atoms with Gasteiger partial charge in [-0.1, -0.05) is 63.6 Å². The molecule has 0 aliphatic carbocycles. The summed E-state index contributed by atoms with van der Waals surface area (Å²) in [5, 5.41) is 3.47. The monoisotopic (exact) mass is 520 g/mol. The van der Waals surface area contributed by atoms with Crippen molar-refractivity contribution in [3.05, 3.63) is 65.4 Å². The number of esters is 1. The zero-order chi connectivity index (χ0) is 26.9. The summed E-state index contributed by atoms with van der Waals surface area (Å²) in [6, 6.07) is 6.45. The molecule has 0 radical (unpaired) electrons. The number of rotatable bonds is 13. The van der Waals surface area contributed by atoms with Gasteiger partial charge in [0.15, 0.2) is 17.4 Å². The lowest BCUT2D eigenvalue weighted by Crippen LogP contribution is -2.44. The normalized spacial score (nSPS) is 12.1. The van der Waals surface area contributed by atoms with E-state index in [0.29, 0.717) is 12.0 Å². The summed E-state index contributed by atoms with van der Waals surface area (Å²) in [5.41, 5.74) is 1.61.